The number of nitrogens with one attached hydrogen (secondary N) is 2. The van der Waals surface area contributed by atoms with Gasteiger partial charge in [-0.2, -0.15) is 4.31 Å². The molecule has 2 aliphatic heterocycles. The molecule has 3 N–H and O–H groups in total. The van der Waals surface area contributed by atoms with E-state index < -0.39 is 34.0 Å². The summed E-state index contributed by atoms with van der Waals surface area (Å²) in [6.45, 7) is 2.01. The molecule has 0 spiro atoms. The third-order valence-electron chi connectivity index (χ3n) is 7.26. The Balaban J connectivity index is 1.34. The number of hydrogen-bond acceptors (Lipinski definition) is 7. The standard InChI is InChI=1S/C29H36N4O6S/c1-20(30)8-5-6-9-23-19-25(32-39-23)22-15-13-21(14-16-22)18-26(29(35)36)31-28(34)27-12-7-17-33(27)40(37,38)24-10-3-2-4-11-24/h2-4,10-11,13-16,23,26-27,30H,5-9,12,17-19H2,1H3,(H,31,34)(H,35,36)/t23?,26?,27-/m0/s1. The molecule has 2 heterocycles. The van der Waals surface area contributed by atoms with Gasteiger partial charge in [0.15, 0.2) is 0 Å². The van der Waals surface area contributed by atoms with Gasteiger partial charge in [0.2, 0.25) is 15.9 Å². The number of unbranched alkanes of at least 4 members (excludes halogenated alkanes) is 1. The molecule has 1 amide bonds. The van der Waals surface area contributed by atoms with Gasteiger partial charge in [-0.3, -0.25) is 4.79 Å². The monoisotopic (exact) mass is 568 g/mol. The predicted octanol–water partition coefficient (Wildman–Crippen LogP) is 3.74. The highest BCUT2D eigenvalue weighted by atomic mass is 32.2. The predicted molar refractivity (Wildman–Crippen MR) is 151 cm³/mol. The second kappa shape index (κ2) is 13.2. The van der Waals surface area contributed by atoms with Crippen LogP contribution in [-0.2, 0) is 30.9 Å². The molecule has 0 bridgehead atoms. The SMILES string of the molecule is CC(=N)CCCCC1CC(c2ccc(CC(NC(=O)[C@@H]3CCCN3S(=O)(=O)c3ccccc3)C(=O)O)cc2)=NO1. The number of aliphatic carboxylic acids is 1. The van der Waals surface area contributed by atoms with Crippen LogP contribution in [0.1, 0.15) is 63.0 Å². The number of benzene rings is 2. The van der Waals surface area contributed by atoms with E-state index in [4.69, 9.17) is 10.2 Å². The van der Waals surface area contributed by atoms with E-state index >= 15 is 0 Å². The highest BCUT2D eigenvalue weighted by Gasteiger charge is 2.40. The second-order valence-corrected chi connectivity index (χ2v) is 12.3. The summed E-state index contributed by atoms with van der Waals surface area (Å²) in [5, 5.41) is 24.1. The smallest absolute Gasteiger partial charge is 0.326 e. The number of carboxylic acids is 1. The lowest BCUT2D eigenvalue weighted by molar-refractivity contribution is -0.142. The molecule has 11 heteroatoms. The average molecular weight is 569 g/mol. The molecule has 0 radical (unpaired) electrons. The maximum absolute atomic E-state index is 13.1. The van der Waals surface area contributed by atoms with Gasteiger partial charge in [0, 0.05) is 25.1 Å². The number of carbonyl (C=O) groups excluding carboxylic acids is 1. The fourth-order valence-corrected chi connectivity index (χ4v) is 6.75. The van der Waals surface area contributed by atoms with Gasteiger partial charge in [0.05, 0.1) is 10.6 Å². The van der Waals surface area contributed by atoms with Gasteiger partial charge >= 0.3 is 5.97 Å². The highest BCUT2D eigenvalue weighted by Crippen LogP contribution is 2.26. The van der Waals surface area contributed by atoms with Gasteiger partial charge < -0.3 is 20.7 Å². The second-order valence-electron chi connectivity index (χ2n) is 10.4. The van der Waals surface area contributed by atoms with Crippen molar-refractivity contribution in [2.45, 2.75) is 81.4 Å². The molecule has 2 aliphatic rings. The fraction of sp³-hybridized carbons (Fsp3) is 0.448. The lowest BCUT2D eigenvalue weighted by atomic mass is 9.98. The lowest BCUT2D eigenvalue weighted by Gasteiger charge is -2.25. The Morgan fingerprint density at radius 2 is 1.88 bits per heavy atom. The van der Waals surface area contributed by atoms with Crippen molar-refractivity contribution in [3.8, 4) is 0 Å². The van der Waals surface area contributed by atoms with Crippen LogP contribution in [0.4, 0.5) is 0 Å². The summed E-state index contributed by atoms with van der Waals surface area (Å²) in [4.78, 5) is 30.8. The third kappa shape index (κ3) is 7.33. The van der Waals surface area contributed by atoms with Crippen LogP contribution in [0.5, 0.6) is 0 Å². The first kappa shape index (κ1) is 29.4. The molecule has 40 heavy (non-hydrogen) atoms. The summed E-state index contributed by atoms with van der Waals surface area (Å²) < 4.78 is 27.4. The van der Waals surface area contributed by atoms with Crippen LogP contribution in [0, 0.1) is 5.41 Å². The van der Waals surface area contributed by atoms with E-state index in [2.05, 4.69) is 10.5 Å². The van der Waals surface area contributed by atoms with Crippen LogP contribution in [0.2, 0.25) is 0 Å². The Morgan fingerprint density at radius 1 is 1.15 bits per heavy atom. The van der Waals surface area contributed by atoms with Crippen molar-refractivity contribution in [3.63, 3.8) is 0 Å². The molecule has 2 aromatic carbocycles. The minimum atomic E-state index is -3.88. The molecule has 2 aromatic rings. The average Bonchev–Trinajstić information content (AvgIpc) is 3.62. The molecule has 2 unspecified atom stereocenters. The quantitative estimate of drug-likeness (QED) is 0.248. The first-order chi connectivity index (χ1) is 19.1. The molecule has 0 aromatic heterocycles. The Labute approximate surface area is 235 Å². The molecule has 0 aliphatic carbocycles. The van der Waals surface area contributed by atoms with E-state index in [1.165, 1.54) is 12.1 Å². The zero-order chi connectivity index (χ0) is 28.7. The van der Waals surface area contributed by atoms with Gasteiger partial charge in [-0.25, -0.2) is 13.2 Å². The van der Waals surface area contributed by atoms with Crippen molar-refractivity contribution in [3.05, 3.63) is 65.7 Å². The molecular formula is C29H36N4O6S. The minimum Gasteiger partial charge on any atom is -0.480 e. The van der Waals surface area contributed by atoms with Crippen LogP contribution in [0.15, 0.2) is 64.6 Å². The molecule has 1 saturated heterocycles. The third-order valence-corrected chi connectivity index (χ3v) is 9.18. The summed E-state index contributed by atoms with van der Waals surface area (Å²) in [6.07, 6.45) is 5.22. The molecule has 214 valence electrons. The van der Waals surface area contributed by atoms with E-state index in [9.17, 15) is 23.1 Å². The summed E-state index contributed by atoms with van der Waals surface area (Å²) in [6, 6.07) is 13.1. The number of rotatable bonds is 13. The van der Waals surface area contributed by atoms with Crippen molar-refractivity contribution in [2.75, 3.05) is 6.54 Å². The van der Waals surface area contributed by atoms with Gasteiger partial charge in [-0.1, -0.05) is 47.6 Å². The van der Waals surface area contributed by atoms with Gasteiger partial charge in [-0.15, -0.1) is 0 Å². The zero-order valence-electron chi connectivity index (χ0n) is 22.6. The number of carbonyl (C=O) groups is 2. The molecule has 3 atom stereocenters. The Hall–Kier alpha value is -3.57. The highest BCUT2D eigenvalue weighted by molar-refractivity contribution is 7.89. The lowest BCUT2D eigenvalue weighted by Crippen LogP contribution is -2.51. The normalized spacial score (nSPS) is 20.0. The van der Waals surface area contributed by atoms with Crippen LogP contribution < -0.4 is 5.32 Å². The largest absolute Gasteiger partial charge is 0.480 e. The van der Waals surface area contributed by atoms with E-state index in [-0.39, 0.29) is 24.0 Å². The Morgan fingerprint density at radius 3 is 2.55 bits per heavy atom. The number of oxime groups is 1. The zero-order valence-corrected chi connectivity index (χ0v) is 23.4. The number of sulfonamides is 1. The van der Waals surface area contributed by atoms with E-state index in [1.54, 1.807) is 18.2 Å². The first-order valence-corrected chi connectivity index (χ1v) is 15.0. The summed E-state index contributed by atoms with van der Waals surface area (Å²) in [7, 11) is -3.88. The van der Waals surface area contributed by atoms with Gasteiger partial charge in [0.1, 0.15) is 18.2 Å². The first-order valence-electron chi connectivity index (χ1n) is 13.6. The summed E-state index contributed by atoms with van der Waals surface area (Å²) in [5.41, 5.74) is 3.13. The van der Waals surface area contributed by atoms with E-state index in [1.807, 2.05) is 31.2 Å². The summed E-state index contributed by atoms with van der Waals surface area (Å²) in [5.74, 6) is -1.80. The number of nitrogens with zero attached hydrogens (tertiary/aromatic N) is 2. The van der Waals surface area contributed by atoms with Crippen molar-refractivity contribution >= 4 is 33.3 Å². The van der Waals surface area contributed by atoms with Crippen LogP contribution in [0.25, 0.3) is 0 Å². The van der Waals surface area contributed by atoms with Crippen molar-refractivity contribution in [1.29, 1.82) is 5.41 Å². The minimum absolute atomic E-state index is 0.0215. The molecule has 4 rings (SSSR count). The maximum atomic E-state index is 13.1. The van der Waals surface area contributed by atoms with Crippen LogP contribution >= 0.6 is 0 Å². The van der Waals surface area contributed by atoms with Crippen molar-refractivity contribution in [1.82, 2.24) is 9.62 Å². The van der Waals surface area contributed by atoms with Gasteiger partial charge in [-0.05, 0) is 68.7 Å². The fourth-order valence-electron chi connectivity index (χ4n) is 5.07. The molecular weight excluding hydrogens is 532 g/mol. The molecule has 0 saturated carbocycles. The summed E-state index contributed by atoms with van der Waals surface area (Å²) >= 11 is 0. The topological polar surface area (TPSA) is 149 Å². The van der Waals surface area contributed by atoms with Gasteiger partial charge in [0.25, 0.3) is 0 Å². The van der Waals surface area contributed by atoms with Crippen LogP contribution in [0.3, 0.4) is 0 Å². The van der Waals surface area contributed by atoms with Crippen LogP contribution in [-0.4, -0.2) is 65.9 Å². The Kier molecular flexibility index (Phi) is 9.70. The number of hydrogen-bond donors (Lipinski definition) is 3. The van der Waals surface area contributed by atoms with E-state index in [0.717, 1.165) is 46.8 Å². The number of amides is 1. The maximum Gasteiger partial charge on any atom is 0.326 e. The number of carboxylic acid groups (broad SMARTS) is 1. The van der Waals surface area contributed by atoms with E-state index in [0.29, 0.717) is 25.0 Å². The van der Waals surface area contributed by atoms with Crippen molar-refractivity contribution < 1.29 is 28.0 Å². The molecule has 1 fully saturated rings. The van der Waals surface area contributed by atoms with Crippen molar-refractivity contribution in [2.24, 2.45) is 5.16 Å². The molecule has 10 nitrogen and oxygen atoms in total. The Bertz CT molecular complexity index is 1340.